The van der Waals surface area contributed by atoms with Gasteiger partial charge in [0.1, 0.15) is 0 Å². The zero-order valence-corrected chi connectivity index (χ0v) is 11.8. The minimum atomic E-state index is -1.13. The fourth-order valence-corrected chi connectivity index (χ4v) is 2.24. The second-order valence-electron chi connectivity index (χ2n) is 4.59. The third-order valence-corrected chi connectivity index (χ3v) is 3.24. The van der Waals surface area contributed by atoms with E-state index in [1.165, 1.54) is 23.1 Å². The van der Waals surface area contributed by atoms with Gasteiger partial charge in [0, 0.05) is 17.3 Å². The second-order valence-corrected chi connectivity index (χ2v) is 5.02. The first-order chi connectivity index (χ1) is 9.99. The fourth-order valence-electron chi connectivity index (χ4n) is 2.00. The summed E-state index contributed by atoms with van der Waals surface area (Å²) in [7, 11) is 0. The number of morpholine rings is 1. The van der Waals surface area contributed by atoms with E-state index in [1.54, 1.807) is 0 Å². The van der Waals surface area contributed by atoms with Gasteiger partial charge in [0.15, 0.2) is 0 Å². The quantitative estimate of drug-likeness (QED) is 0.780. The number of hydrogen-bond donors (Lipinski definition) is 3. The molecule has 0 aliphatic carbocycles. The maximum atomic E-state index is 12.1. The number of carboxylic acids is 1. The first-order valence-electron chi connectivity index (χ1n) is 6.32. The Balaban J connectivity index is 2.07. The van der Waals surface area contributed by atoms with Crippen LogP contribution in [-0.2, 0) is 4.74 Å². The molecule has 0 saturated carbocycles. The Morgan fingerprint density at radius 3 is 2.86 bits per heavy atom. The molecular formula is C13H15ClN2O5. The molecule has 114 valence electrons. The Kier molecular flexibility index (Phi) is 5.00. The van der Waals surface area contributed by atoms with Gasteiger partial charge in [-0.05, 0) is 18.2 Å². The monoisotopic (exact) mass is 314 g/mol. The van der Waals surface area contributed by atoms with Crippen LogP contribution in [0.25, 0.3) is 0 Å². The number of anilines is 1. The molecule has 1 aromatic rings. The summed E-state index contributed by atoms with van der Waals surface area (Å²) in [6, 6.07) is 3.71. The minimum absolute atomic E-state index is 0.00647. The number of urea groups is 1. The zero-order chi connectivity index (χ0) is 15.4. The van der Waals surface area contributed by atoms with Crippen LogP contribution >= 0.6 is 11.6 Å². The van der Waals surface area contributed by atoms with Crippen molar-refractivity contribution in [1.82, 2.24) is 4.90 Å². The van der Waals surface area contributed by atoms with Gasteiger partial charge in [0.25, 0.3) is 0 Å². The topological polar surface area (TPSA) is 99.1 Å². The summed E-state index contributed by atoms with van der Waals surface area (Å²) in [5, 5.41) is 20.8. The normalized spacial score (nSPS) is 18.4. The van der Waals surface area contributed by atoms with E-state index in [2.05, 4.69) is 5.32 Å². The molecular weight excluding hydrogens is 300 g/mol. The highest BCUT2D eigenvalue weighted by atomic mass is 35.5. The summed E-state index contributed by atoms with van der Waals surface area (Å²) in [6.45, 7) is 0.849. The number of nitrogens with one attached hydrogen (secondary N) is 1. The summed E-state index contributed by atoms with van der Waals surface area (Å²) < 4.78 is 5.26. The number of benzene rings is 1. The third-order valence-electron chi connectivity index (χ3n) is 3.03. The van der Waals surface area contributed by atoms with E-state index in [0.29, 0.717) is 18.8 Å². The predicted octanol–water partition coefficient (Wildman–Crippen LogP) is 1.26. The number of aliphatic hydroxyl groups excluding tert-OH is 1. The Morgan fingerprint density at radius 2 is 2.19 bits per heavy atom. The summed E-state index contributed by atoms with van der Waals surface area (Å²) in [6.07, 6.45) is -0.404. The number of amides is 2. The smallest absolute Gasteiger partial charge is 0.335 e. The fraction of sp³-hybridized carbons (Fsp3) is 0.385. The van der Waals surface area contributed by atoms with Gasteiger partial charge in [-0.25, -0.2) is 9.59 Å². The molecule has 1 unspecified atom stereocenters. The Bertz CT molecular complexity index is 551. The molecule has 1 aliphatic rings. The molecule has 1 saturated heterocycles. The van der Waals surface area contributed by atoms with Crippen LogP contribution in [0.5, 0.6) is 0 Å². The van der Waals surface area contributed by atoms with Gasteiger partial charge >= 0.3 is 12.0 Å². The third kappa shape index (κ3) is 4.07. The molecule has 3 N–H and O–H groups in total. The summed E-state index contributed by atoms with van der Waals surface area (Å²) >= 11 is 5.83. The molecule has 1 aromatic carbocycles. The van der Waals surface area contributed by atoms with Crippen molar-refractivity contribution in [2.24, 2.45) is 0 Å². The largest absolute Gasteiger partial charge is 0.478 e. The average molecular weight is 315 g/mol. The van der Waals surface area contributed by atoms with Gasteiger partial charge in [0.2, 0.25) is 0 Å². The number of aromatic carboxylic acids is 1. The molecule has 2 amide bonds. The van der Waals surface area contributed by atoms with Crippen LogP contribution in [0, 0.1) is 0 Å². The van der Waals surface area contributed by atoms with Crippen molar-refractivity contribution in [2.75, 3.05) is 31.6 Å². The molecule has 8 heteroatoms. The standard InChI is InChI=1S/C13H15ClN2O5/c14-9-3-8(12(18)19)4-10(5-9)15-13(20)16-1-2-21-11(6-16)7-17/h3-5,11,17H,1-2,6-7H2,(H,15,20)(H,18,19). The van der Waals surface area contributed by atoms with E-state index in [4.69, 9.17) is 26.6 Å². The van der Waals surface area contributed by atoms with Crippen molar-refractivity contribution in [3.05, 3.63) is 28.8 Å². The molecule has 0 bridgehead atoms. The molecule has 2 rings (SSSR count). The number of carboxylic acid groups (broad SMARTS) is 1. The van der Waals surface area contributed by atoms with E-state index >= 15 is 0 Å². The first-order valence-corrected chi connectivity index (χ1v) is 6.69. The number of rotatable bonds is 3. The lowest BCUT2D eigenvalue weighted by Gasteiger charge is -2.32. The summed E-state index contributed by atoms with van der Waals surface area (Å²) in [5.41, 5.74) is 0.296. The lowest BCUT2D eigenvalue weighted by atomic mass is 10.2. The number of ether oxygens (including phenoxy) is 1. The molecule has 0 spiro atoms. The molecule has 1 atom stereocenters. The Labute approximate surface area is 126 Å². The number of carbonyl (C=O) groups is 2. The van der Waals surface area contributed by atoms with Crippen molar-refractivity contribution in [1.29, 1.82) is 0 Å². The summed E-state index contributed by atoms with van der Waals surface area (Å²) in [5.74, 6) is -1.13. The van der Waals surface area contributed by atoms with Crippen LogP contribution in [0.4, 0.5) is 10.5 Å². The van der Waals surface area contributed by atoms with Crippen molar-refractivity contribution in [3.8, 4) is 0 Å². The number of hydrogen-bond acceptors (Lipinski definition) is 4. The van der Waals surface area contributed by atoms with Crippen LogP contribution in [0.1, 0.15) is 10.4 Å². The van der Waals surface area contributed by atoms with Crippen LogP contribution in [0.2, 0.25) is 5.02 Å². The maximum Gasteiger partial charge on any atom is 0.335 e. The van der Waals surface area contributed by atoms with E-state index in [9.17, 15) is 9.59 Å². The zero-order valence-electron chi connectivity index (χ0n) is 11.1. The average Bonchev–Trinajstić information content (AvgIpc) is 2.46. The van der Waals surface area contributed by atoms with E-state index in [0.717, 1.165) is 0 Å². The van der Waals surface area contributed by atoms with Gasteiger partial charge < -0.3 is 25.2 Å². The Morgan fingerprint density at radius 1 is 1.43 bits per heavy atom. The molecule has 21 heavy (non-hydrogen) atoms. The summed E-state index contributed by atoms with van der Waals surface area (Å²) in [4.78, 5) is 24.5. The van der Waals surface area contributed by atoms with Crippen molar-refractivity contribution < 1.29 is 24.5 Å². The lowest BCUT2D eigenvalue weighted by molar-refractivity contribution is -0.0388. The number of nitrogens with zero attached hydrogens (tertiary/aromatic N) is 1. The SMILES string of the molecule is O=C(O)c1cc(Cl)cc(NC(=O)N2CCOC(CO)C2)c1. The Hall–Kier alpha value is -1.83. The van der Waals surface area contributed by atoms with Crippen LogP contribution in [0.15, 0.2) is 18.2 Å². The molecule has 1 heterocycles. The van der Waals surface area contributed by atoms with E-state index < -0.39 is 18.1 Å². The van der Waals surface area contributed by atoms with Crippen LogP contribution in [0.3, 0.4) is 0 Å². The van der Waals surface area contributed by atoms with Crippen LogP contribution in [-0.4, -0.2) is 59.5 Å². The number of carbonyl (C=O) groups excluding carboxylic acids is 1. The van der Waals surface area contributed by atoms with Gasteiger partial charge in [0.05, 0.1) is 31.4 Å². The number of aliphatic hydroxyl groups is 1. The van der Waals surface area contributed by atoms with Gasteiger partial charge in [-0.2, -0.15) is 0 Å². The lowest BCUT2D eigenvalue weighted by Crippen LogP contribution is -2.48. The van der Waals surface area contributed by atoms with E-state index in [1.807, 2.05) is 0 Å². The van der Waals surface area contributed by atoms with Gasteiger partial charge in [-0.15, -0.1) is 0 Å². The minimum Gasteiger partial charge on any atom is -0.478 e. The second kappa shape index (κ2) is 6.75. The number of halogens is 1. The predicted molar refractivity (Wildman–Crippen MR) is 75.8 cm³/mol. The maximum absolute atomic E-state index is 12.1. The van der Waals surface area contributed by atoms with Crippen molar-refractivity contribution in [3.63, 3.8) is 0 Å². The van der Waals surface area contributed by atoms with Gasteiger partial charge in [-0.3, -0.25) is 0 Å². The molecule has 7 nitrogen and oxygen atoms in total. The molecule has 1 aliphatic heterocycles. The highest BCUT2D eigenvalue weighted by Crippen LogP contribution is 2.20. The molecule has 1 fully saturated rings. The van der Waals surface area contributed by atoms with Crippen molar-refractivity contribution in [2.45, 2.75) is 6.10 Å². The molecule has 0 aromatic heterocycles. The highest BCUT2D eigenvalue weighted by molar-refractivity contribution is 6.31. The molecule has 0 radical (unpaired) electrons. The van der Waals surface area contributed by atoms with Crippen molar-refractivity contribution >= 4 is 29.3 Å². The van der Waals surface area contributed by atoms with Crippen LogP contribution < -0.4 is 5.32 Å². The van der Waals surface area contributed by atoms with Gasteiger partial charge in [-0.1, -0.05) is 11.6 Å². The van der Waals surface area contributed by atoms with E-state index in [-0.39, 0.29) is 23.7 Å². The first kappa shape index (κ1) is 15.6. The highest BCUT2D eigenvalue weighted by Gasteiger charge is 2.23.